The summed E-state index contributed by atoms with van der Waals surface area (Å²) < 4.78 is 10.3. The van der Waals surface area contributed by atoms with Crippen LogP contribution in [0.25, 0.3) is 0 Å². The first kappa shape index (κ1) is 23.1. The van der Waals surface area contributed by atoms with Crippen molar-refractivity contribution >= 4 is 47.2 Å². The Morgan fingerprint density at radius 1 is 1.09 bits per heavy atom. The van der Waals surface area contributed by atoms with E-state index in [0.29, 0.717) is 5.69 Å². The topological polar surface area (TPSA) is 114 Å². The van der Waals surface area contributed by atoms with E-state index in [1.54, 1.807) is 18.7 Å². The second-order valence-corrected chi connectivity index (χ2v) is 9.88. The Kier molecular flexibility index (Phi) is 5.23. The second kappa shape index (κ2) is 7.47. The Balaban J connectivity index is 2.09. The van der Waals surface area contributed by atoms with Gasteiger partial charge in [0.2, 0.25) is 11.8 Å². The van der Waals surface area contributed by atoms with E-state index in [0.717, 1.165) is 20.3 Å². The fourth-order valence-electron chi connectivity index (χ4n) is 5.34. The predicted octanol–water partition coefficient (Wildman–Crippen LogP) is 1.39. The Hall–Kier alpha value is -3.08. The van der Waals surface area contributed by atoms with Crippen LogP contribution in [-0.2, 0) is 28.7 Å². The van der Waals surface area contributed by atoms with Gasteiger partial charge in [-0.1, -0.05) is 17.8 Å². The lowest BCUT2D eigenvalue weighted by Crippen LogP contribution is -2.71. The van der Waals surface area contributed by atoms with Crippen LogP contribution in [0.3, 0.4) is 0 Å². The molecule has 3 atom stereocenters. The van der Waals surface area contributed by atoms with Crippen LogP contribution in [0.5, 0.6) is 0 Å². The lowest BCUT2D eigenvalue weighted by molar-refractivity contribution is -0.172. The highest BCUT2D eigenvalue weighted by molar-refractivity contribution is 8.01. The highest BCUT2D eigenvalue weighted by Gasteiger charge is 2.82. The number of hydrogen-bond donors (Lipinski definition) is 0. The minimum Gasteiger partial charge on any atom is -0.467 e. The van der Waals surface area contributed by atoms with Crippen molar-refractivity contribution in [1.29, 1.82) is 0 Å². The summed E-state index contributed by atoms with van der Waals surface area (Å²) in [6.07, 6.45) is 0. The van der Waals surface area contributed by atoms with Gasteiger partial charge in [-0.25, -0.2) is 9.59 Å². The van der Waals surface area contributed by atoms with E-state index >= 15 is 0 Å². The zero-order chi connectivity index (χ0) is 24.5. The molecule has 1 spiro atoms. The van der Waals surface area contributed by atoms with Crippen LogP contribution in [0.4, 0.5) is 10.5 Å². The third kappa shape index (κ3) is 2.65. The van der Waals surface area contributed by atoms with Crippen LogP contribution in [-0.4, -0.2) is 78.3 Å². The largest absolute Gasteiger partial charge is 0.467 e. The molecule has 0 radical (unpaired) electrons. The molecule has 0 saturated carbocycles. The maximum absolute atomic E-state index is 13.9. The Morgan fingerprint density at radius 2 is 1.70 bits per heavy atom. The van der Waals surface area contributed by atoms with E-state index in [9.17, 15) is 24.0 Å². The molecule has 1 aromatic carbocycles. The molecule has 1 aromatic rings. The van der Waals surface area contributed by atoms with Crippen LogP contribution >= 0.6 is 11.8 Å². The number of ether oxygens (including phenoxy) is 2. The van der Waals surface area contributed by atoms with Crippen LogP contribution in [0.2, 0.25) is 0 Å². The number of hydrogen-bond acceptors (Lipinski definition) is 9. The molecule has 0 aliphatic carbocycles. The van der Waals surface area contributed by atoms with Crippen molar-refractivity contribution in [1.82, 2.24) is 9.80 Å². The van der Waals surface area contributed by atoms with Gasteiger partial charge in [-0.15, -0.1) is 0 Å². The first-order valence-corrected chi connectivity index (χ1v) is 11.2. The van der Waals surface area contributed by atoms with E-state index in [-0.39, 0.29) is 6.61 Å². The standard InChI is InChI=1S/C22H25N3O7S/c1-7-32-16(26)14-15(17(27)31-6)25-12-10-11(2)8-9-13(12)33-21(25,3)22(14)18(28)23(4)20(30)24(5)19(22)29/h8-10,14-15H,7H2,1-6H3/t14-,15-,21?/m0/s1. The van der Waals surface area contributed by atoms with Gasteiger partial charge in [0.15, 0.2) is 5.41 Å². The van der Waals surface area contributed by atoms with Gasteiger partial charge in [-0.3, -0.25) is 24.2 Å². The monoisotopic (exact) mass is 475 g/mol. The minimum absolute atomic E-state index is 0.0220. The van der Waals surface area contributed by atoms with E-state index in [1.165, 1.54) is 33.0 Å². The fraction of sp³-hybridized carbons (Fsp3) is 0.500. The molecule has 176 valence electrons. The van der Waals surface area contributed by atoms with Gasteiger partial charge >= 0.3 is 18.0 Å². The van der Waals surface area contributed by atoms with Crippen molar-refractivity contribution in [3.8, 4) is 0 Å². The van der Waals surface area contributed by atoms with E-state index in [1.807, 2.05) is 25.1 Å². The van der Waals surface area contributed by atoms with Crippen molar-refractivity contribution in [2.45, 2.75) is 36.6 Å². The number of esters is 2. The number of barbiturate groups is 1. The van der Waals surface area contributed by atoms with Crippen LogP contribution < -0.4 is 4.90 Å². The molecule has 4 rings (SSSR count). The Bertz CT molecular complexity index is 1080. The van der Waals surface area contributed by atoms with Crippen molar-refractivity contribution in [2.24, 2.45) is 11.3 Å². The normalized spacial score (nSPS) is 27.7. The lowest BCUT2D eigenvalue weighted by atomic mass is 9.67. The molecule has 3 aliphatic heterocycles. The zero-order valence-electron chi connectivity index (χ0n) is 19.2. The van der Waals surface area contributed by atoms with Crippen molar-refractivity contribution in [3.63, 3.8) is 0 Å². The molecule has 0 bridgehead atoms. The molecule has 10 nitrogen and oxygen atoms in total. The highest BCUT2D eigenvalue weighted by Crippen LogP contribution is 2.68. The summed E-state index contributed by atoms with van der Waals surface area (Å²) in [7, 11) is 3.70. The molecule has 2 saturated heterocycles. The molecule has 3 heterocycles. The maximum Gasteiger partial charge on any atom is 0.332 e. The molecule has 2 fully saturated rings. The first-order chi connectivity index (χ1) is 15.5. The molecule has 0 aromatic heterocycles. The first-order valence-electron chi connectivity index (χ1n) is 10.4. The van der Waals surface area contributed by atoms with Gasteiger partial charge in [0.1, 0.15) is 16.8 Å². The lowest BCUT2D eigenvalue weighted by Gasteiger charge is -2.48. The molecule has 3 aliphatic rings. The predicted molar refractivity (Wildman–Crippen MR) is 117 cm³/mol. The molecular formula is C22H25N3O7S. The van der Waals surface area contributed by atoms with Crippen LogP contribution in [0.1, 0.15) is 19.4 Å². The molecule has 11 heteroatoms. The Morgan fingerprint density at radius 3 is 2.24 bits per heavy atom. The Labute approximate surface area is 195 Å². The summed E-state index contributed by atoms with van der Waals surface area (Å²) in [4.78, 5) is 69.6. The number of benzene rings is 1. The SMILES string of the molecule is CCOC(=O)[C@@H]1[C@@H](C(=O)OC)N2c3cc(C)ccc3SC2(C)C12C(=O)N(C)C(=O)N(C)C2=O. The molecule has 0 N–H and O–H groups in total. The summed E-state index contributed by atoms with van der Waals surface area (Å²) in [5, 5.41) is 0. The van der Waals surface area contributed by atoms with Crippen molar-refractivity contribution in [2.75, 3.05) is 32.7 Å². The summed E-state index contributed by atoms with van der Waals surface area (Å²) in [6.45, 7) is 5.09. The number of carbonyl (C=O) groups excluding carboxylic acids is 5. The second-order valence-electron chi connectivity index (χ2n) is 8.44. The van der Waals surface area contributed by atoms with E-state index in [4.69, 9.17) is 9.47 Å². The number of urea groups is 1. The van der Waals surface area contributed by atoms with Crippen LogP contribution in [0.15, 0.2) is 23.1 Å². The number of thioether (sulfide) groups is 1. The van der Waals surface area contributed by atoms with Crippen molar-refractivity contribution in [3.05, 3.63) is 23.8 Å². The molecule has 4 amide bonds. The molecule has 1 unspecified atom stereocenters. The fourth-order valence-corrected chi connectivity index (χ4v) is 6.94. The van der Waals surface area contributed by atoms with Gasteiger partial charge in [0, 0.05) is 19.0 Å². The zero-order valence-corrected chi connectivity index (χ0v) is 20.0. The number of amides is 4. The number of nitrogens with zero attached hydrogens (tertiary/aromatic N) is 3. The summed E-state index contributed by atoms with van der Waals surface area (Å²) in [6, 6.07) is 3.42. The number of anilines is 1. The average Bonchev–Trinajstić information content (AvgIpc) is 3.20. The van der Waals surface area contributed by atoms with Crippen LogP contribution in [0, 0.1) is 18.3 Å². The third-order valence-corrected chi connectivity index (χ3v) is 8.26. The number of rotatable bonds is 3. The minimum atomic E-state index is -2.12. The van der Waals surface area contributed by atoms with Crippen molar-refractivity contribution < 1.29 is 33.4 Å². The third-order valence-electron chi connectivity index (χ3n) is 6.78. The summed E-state index contributed by atoms with van der Waals surface area (Å²) in [5.41, 5.74) is -0.624. The van der Waals surface area contributed by atoms with Gasteiger partial charge in [-0.2, -0.15) is 0 Å². The quantitative estimate of drug-likeness (QED) is 0.473. The number of fused-ring (bicyclic) bond motifs is 4. The maximum atomic E-state index is 13.9. The van der Waals surface area contributed by atoms with Gasteiger partial charge in [0.05, 0.1) is 19.4 Å². The number of methoxy groups -OCH3 is 1. The molecule has 33 heavy (non-hydrogen) atoms. The number of imide groups is 2. The number of carbonyl (C=O) groups is 5. The highest BCUT2D eigenvalue weighted by atomic mass is 32.2. The summed E-state index contributed by atoms with van der Waals surface area (Å²) in [5.74, 6) is -4.91. The average molecular weight is 476 g/mol. The van der Waals surface area contributed by atoms with Gasteiger partial charge < -0.3 is 14.4 Å². The molecular weight excluding hydrogens is 450 g/mol. The van der Waals surface area contributed by atoms with Gasteiger partial charge in [-0.05, 0) is 38.5 Å². The van der Waals surface area contributed by atoms with Gasteiger partial charge in [0.25, 0.3) is 0 Å². The smallest absolute Gasteiger partial charge is 0.332 e. The van der Waals surface area contributed by atoms with E-state index in [2.05, 4.69) is 0 Å². The van der Waals surface area contributed by atoms with E-state index < -0.39 is 52.0 Å². The summed E-state index contributed by atoms with van der Waals surface area (Å²) >= 11 is 1.21. The number of aryl methyl sites for hydroxylation is 1.